The summed E-state index contributed by atoms with van der Waals surface area (Å²) in [5.41, 5.74) is 3.14. The number of benzene rings is 3. The quantitative estimate of drug-likeness (QED) is 0.372. The minimum atomic E-state index is -0.706. The Bertz CT molecular complexity index is 1210. The average molecular weight is 491 g/mol. The maximum atomic E-state index is 13.5. The highest BCUT2D eigenvalue weighted by atomic mass is 19.1. The van der Waals surface area contributed by atoms with Gasteiger partial charge in [0.1, 0.15) is 5.82 Å². The first kappa shape index (κ1) is 26.6. The summed E-state index contributed by atoms with van der Waals surface area (Å²) in [7, 11) is 0. The molecule has 2 amide bonds. The van der Waals surface area contributed by atoms with Crippen LogP contribution in [0.2, 0.25) is 0 Å². The van der Waals surface area contributed by atoms with Crippen molar-refractivity contribution in [2.75, 3.05) is 29.9 Å². The van der Waals surface area contributed by atoms with Crippen LogP contribution in [0.25, 0.3) is 0 Å². The molecule has 0 fully saturated rings. The highest BCUT2D eigenvalue weighted by Crippen LogP contribution is 2.35. The van der Waals surface area contributed by atoms with Crippen molar-refractivity contribution >= 4 is 41.3 Å². The minimum Gasteiger partial charge on any atom is -0.392 e. The van der Waals surface area contributed by atoms with Crippen molar-refractivity contribution in [1.29, 1.82) is 0 Å². The molecular formula is C28H31FN4O3. The zero-order chi connectivity index (χ0) is 26.2. The van der Waals surface area contributed by atoms with Gasteiger partial charge in [0, 0.05) is 42.1 Å². The molecule has 0 aromatic heterocycles. The number of hydrogen-bond acceptors (Lipinski definition) is 5. The molecule has 0 aliphatic rings. The zero-order valence-corrected chi connectivity index (χ0v) is 20.7. The van der Waals surface area contributed by atoms with Crippen LogP contribution < -0.4 is 10.2 Å². The monoisotopic (exact) mass is 490 g/mol. The van der Waals surface area contributed by atoms with Crippen molar-refractivity contribution in [1.82, 2.24) is 4.90 Å². The lowest BCUT2D eigenvalue weighted by atomic mass is 10.1. The Morgan fingerprint density at radius 1 is 1.00 bits per heavy atom. The van der Waals surface area contributed by atoms with Gasteiger partial charge in [0.15, 0.2) is 0 Å². The van der Waals surface area contributed by atoms with Crippen LogP contribution in [0, 0.1) is 5.82 Å². The van der Waals surface area contributed by atoms with E-state index in [0.29, 0.717) is 47.0 Å². The Hall–Kier alpha value is -4.04. The number of anilines is 3. The summed E-state index contributed by atoms with van der Waals surface area (Å²) in [5, 5.41) is 12.9. The van der Waals surface area contributed by atoms with Crippen LogP contribution in [0.15, 0.2) is 71.7 Å². The maximum absolute atomic E-state index is 13.5. The second-order valence-electron chi connectivity index (χ2n) is 8.31. The molecule has 0 heterocycles. The number of halogens is 1. The number of nitrogens with one attached hydrogen (secondary N) is 1. The summed E-state index contributed by atoms with van der Waals surface area (Å²) in [4.78, 5) is 33.1. The van der Waals surface area contributed by atoms with E-state index in [1.807, 2.05) is 13.8 Å². The Morgan fingerprint density at radius 3 is 2.17 bits per heavy atom. The van der Waals surface area contributed by atoms with Gasteiger partial charge in [-0.2, -0.15) is 0 Å². The molecule has 0 spiro atoms. The molecule has 0 bridgehead atoms. The number of carbonyl (C=O) groups is 2. The van der Waals surface area contributed by atoms with E-state index < -0.39 is 6.10 Å². The van der Waals surface area contributed by atoms with Gasteiger partial charge in [-0.3, -0.25) is 14.6 Å². The number of amides is 2. The Morgan fingerprint density at radius 2 is 1.61 bits per heavy atom. The molecule has 36 heavy (non-hydrogen) atoms. The van der Waals surface area contributed by atoms with Gasteiger partial charge in [0.2, 0.25) is 0 Å². The number of aliphatic hydroxyl groups is 1. The van der Waals surface area contributed by atoms with E-state index in [1.165, 1.54) is 12.1 Å². The molecule has 3 rings (SSSR count). The van der Waals surface area contributed by atoms with Crippen molar-refractivity contribution in [3.8, 4) is 0 Å². The molecule has 0 aliphatic heterocycles. The molecule has 188 valence electrons. The lowest BCUT2D eigenvalue weighted by Crippen LogP contribution is -2.30. The predicted octanol–water partition coefficient (Wildman–Crippen LogP) is 5.41. The minimum absolute atomic E-state index is 0.0611. The lowest BCUT2D eigenvalue weighted by molar-refractivity contribution is 0.0773. The molecule has 0 saturated carbocycles. The number of carbonyl (C=O) groups excluding carboxylic acids is 2. The van der Waals surface area contributed by atoms with Crippen molar-refractivity contribution in [2.24, 2.45) is 4.99 Å². The standard InChI is InChI=1S/C28H31FN4O3/c1-5-32(6-2)28(36)20-7-12-23(13-8-20)31-27(35)21-9-16-25(30-4)26(17-21)33(18-19(3)34)24-14-10-22(29)11-15-24/h7-17,19,34H,4-6,18H2,1-3H3,(H,31,35). The summed E-state index contributed by atoms with van der Waals surface area (Å²) in [5.74, 6) is -0.796. The molecule has 0 saturated heterocycles. The van der Waals surface area contributed by atoms with Crippen LogP contribution in [0.1, 0.15) is 41.5 Å². The van der Waals surface area contributed by atoms with Crippen molar-refractivity contribution in [3.05, 3.63) is 83.7 Å². The molecule has 0 radical (unpaired) electrons. The van der Waals surface area contributed by atoms with E-state index in [4.69, 9.17) is 0 Å². The third kappa shape index (κ3) is 6.34. The van der Waals surface area contributed by atoms with E-state index in [9.17, 15) is 19.1 Å². The average Bonchev–Trinajstić information content (AvgIpc) is 2.88. The van der Waals surface area contributed by atoms with Crippen molar-refractivity contribution in [3.63, 3.8) is 0 Å². The van der Waals surface area contributed by atoms with Crippen LogP contribution in [-0.2, 0) is 0 Å². The molecule has 8 heteroatoms. The molecule has 2 N–H and O–H groups in total. The van der Waals surface area contributed by atoms with Gasteiger partial charge in [0.25, 0.3) is 11.8 Å². The van der Waals surface area contributed by atoms with Crippen LogP contribution in [0.3, 0.4) is 0 Å². The van der Waals surface area contributed by atoms with Crippen molar-refractivity contribution < 1.29 is 19.1 Å². The molecule has 7 nitrogen and oxygen atoms in total. The number of rotatable bonds is 10. The van der Waals surface area contributed by atoms with Gasteiger partial charge in [-0.25, -0.2) is 4.39 Å². The molecule has 1 atom stereocenters. The molecule has 1 unspecified atom stereocenters. The summed E-state index contributed by atoms with van der Waals surface area (Å²) in [6, 6.07) is 17.6. The van der Waals surface area contributed by atoms with Gasteiger partial charge in [-0.1, -0.05) is 0 Å². The fourth-order valence-electron chi connectivity index (χ4n) is 3.84. The highest BCUT2D eigenvalue weighted by Gasteiger charge is 2.19. The number of aliphatic imine (C=N–C) groups is 1. The first-order valence-electron chi connectivity index (χ1n) is 11.8. The highest BCUT2D eigenvalue weighted by molar-refractivity contribution is 6.06. The number of aliphatic hydroxyl groups excluding tert-OH is 1. The first-order valence-corrected chi connectivity index (χ1v) is 11.8. The summed E-state index contributed by atoms with van der Waals surface area (Å²) in [6.45, 7) is 10.6. The predicted molar refractivity (Wildman–Crippen MR) is 142 cm³/mol. The SMILES string of the molecule is C=Nc1ccc(C(=O)Nc2ccc(C(=O)N(CC)CC)cc2)cc1N(CC(C)O)c1ccc(F)cc1. The summed E-state index contributed by atoms with van der Waals surface area (Å²) >= 11 is 0. The van der Waals surface area contributed by atoms with Crippen LogP contribution >= 0.6 is 0 Å². The molecule has 3 aromatic rings. The van der Waals surface area contributed by atoms with E-state index in [2.05, 4.69) is 17.0 Å². The fourth-order valence-corrected chi connectivity index (χ4v) is 3.84. The number of hydrogen-bond donors (Lipinski definition) is 2. The zero-order valence-electron chi connectivity index (χ0n) is 20.7. The Kier molecular flexibility index (Phi) is 8.91. The Balaban J connectivity index is 1.88. The van der Waals surface area contributed by atoms with Gasteiger partial charge < -0.3 is 20.2 Å². The third-order valence-electron chi connectivity index (χ3n) is 5.72. The van der Waals surface area contributed by atoms with Crippen LogP contribution in [0.4, 0.5) is 27.1 Å². The second-order valence-corrected chi connectivity index (χ2v) is 8.31. The van der Waals surface area contributed by atoms with E-state index >= 15 is 0 Å². The maximum Gasteiger partial charge on any atom is 0.255 e. The summed E-state index contributed by atoms with van der Waals surface area (Å²) in [6.07, 6.45) is -0.706. The fraction of sp³-hybridized carbons (Fsp3) is 0.250. The molecule has 0 aliphatic carbocycles. The van der Waals surface area contributed by atoms with Gasteiger partial charge in [-0.05, 0) is 94.2 Å². The first-order chi connectivity index (χ1) is 17.3. The van der Waals surface area contributed by atoms with Crippen LogP contribution in [0.5, 0.6) is 0 Å². The summed E-state index contributed by atoms with van der Waals surface area (Å²) < 4.78 is 13.5. The number of nitrogens with zero attached hydrogens (tertiary/aromatic N) is 3. The largest absolute Gasteiger partial charge is 0.392 e. The third-order valence-corrected chi connectivity index (χ3v) is 5.72. The van der Waals surface area contributed by atoms with Gasteiger partial charge >= 0.3 is 0 Å². The molecular weight excluding hydrogens is 459 g/mol. The van der Waals surface area contributed by atoms with Gasteiger partial charge in [-0.15, -0.1) is 0 Å². The van der Waals surface area contributed by atoms with Crippen LogP contribution in [-0.4, -0.2) is 54.3 Å². The molecule has 3 aromatic carbocycles. The van der Waals surface area contributed by atoms with E-state index in [0.717, 1.165) is 0 Å². The van der Waals surface area contributed by atoms with Gasteiger partial charge in [0.05, 0.1) is 17.5 Å². The lowest BCUT2D eigenvalue weighted by Gasteiger charge is -2.28. The Labute approximate surface area is 210 Å². The topological polar surface area (TPSA) is 85.2 Å². The smallest absolute Gasteiger partial charge is 0.255 e. The normalized spacial score (nSPS) is 11.5. The second kappa shape index (κ2) is 12.1. The van der Waals surface area contributed by atoms with E-state index in [1.54, 1.807) is 71.3 Å². The van der Waals surface area contributed by atoms with Crippen molar-refractivity contribution in [2.45, 2.75) is 26.9 Å². The van der Waals surface area contributed by atoms with E-state index in [-0.39, 0.29) is 24.2 Å².